The Balaban J connectivity index is 2.34. The predicted molar refractivity (Wildman–Crippen MR) is 68.0 cm³/mol. The fourth-order valence-electron chi connectivity index (χ4n) is 2.68. The van der Waals surface area contributed by atoms with Gasteiger partial charge in [-0.25, -0.2) is 0 Å². The average Bonchev–Trinajstić information content (AvgIpc) is 2.19. The van der Waals surface area contributed by atoms with Gasteiger partial charge in [-0.05, 0) is 60.9 Å². The Bertz CT molecular complexity index is 348. The van der Waals surface area contributed by atoms with Gasteiger partial charge in [0, 0.05) is 4.47 Å². The summed E-state index contributed by atoms with van der Waals surface area (Å²) in [6.07, 6.45) is 3.64. The van der Waals surface area contributed by atoms with Gasteiger partial charge in [0.15, 0.2) is 0 Å². The van der Waals surface area contributed by atoms with E-state index >= 15 is 0 Å². The maximum atomic E-state index is 5.69. The number of halogens is 1. The number of benzene rings is 1. The van der Waals surface area contributed by atoms with Crippen LogP contribution in [0.5, 0.6) is 0 Å². The zero-order chi connectivity index (χ0) is 10.8. The molecule has 0 amide bonds. The zero-order valence-electron chi connectivity index (χ0n) is 9.17. The lowest BCUT2D eigenvalue weighted by Crippen LogP contribution is -2.19. The highest BCUT2D eigenvalue weighted by Gasteiger charge is 2.23. The predicted octanol–water partition coefficient (Wildman–Crippen LogP) is 3.46. The van der Waals surface area contributed by atoms with Gasteiger partial charge in [-0.1, -0.05) is 28.9 Å². The molecular weight excluding hydrogens is 250 g/mol. The quantitative estimate of drug-likeness (QED) is 0.873. The summed E-state index contributed by atoms with van der Waals surface area (Å²) in [7, 11) is 0. The summed E-state index contributed by atoms with van der Waals surface area (Å²) in [5.41, 5.74) is 8.73. The minimum atomic E-state index is 0.672. The van der Waals surface area contributed by atoms with E-state index in [1.807, 2.05) is 0 Å². The van der Waals surface area contributed by atoms with Crippen LogP contribution in [0, 0.1) is 5.92 Å². The topological polar surface area (TPSA) is 26.0 Å². The van der Waals surface area contributed by atoms with E-state index in [0.29, 0.717) is 5.92 Å². The van der Waals surface area contributed by atoms with Crippen molar-refractivity contribution in [1.29, 1.82) is 0 Å². The molecule has 1 aromatic rings. The van der Waals surface area contributed by atoms with Crippen molar-refractivity contribution < 1.29 is 0 Å². The Hall–Kier alpha value is -0.340. The molecule has 0 aromatic heterocycles. The van der Waals surface area contributed by atoms with Crippen LogP contribution in [-0.4, -0.2) is 6.54 Å². The van der Waals surface area contributed by atoms with Gasteiger partial charge in [-0.3, -0.25) is 0 Å². The molecule has 1 nitrogen and oxygen atoms in total. The number of nitrogens with two attached hydrogens (primary N) is 1. The standard InChI is InChI=1S/C13H18BrN/c1-9-6-10-2-3-12(14)8-13(10)11(7-9)4-5-15/h2-3,8-9,11H,4-7,15H2,1H3. The summed E-state index contributed by atoms with van der Waals surface area (Å²) in [6, 6.07) is 6.69. The normalized spacial score (nSPS) is 25.0. The number of hydrogen-bond acceptors (Lipinski definition) is 1. The molecule has 15 heavy (non-hydrogen) atoms. The van der Waals surface area contributed by atoms with Gasteiger partial charge >= 0.3 is 0 Å². The third kappa shape index (κ3) is 2.43. The van der Waals surface area contributed by atoms with Gasteiger partial charge in [0.05, 0.1) is 0 Å². The van der Waals surface area contributed by atoms with Gasteiger partial charge in [0.2, 0.25) is 0 Å². The van der Waals surface area contributed by atoms with Crippen molar-refractivity contribution in [2.24, 2.45) is 11.7 Å². The maximum absolute atomic E-state index is 5.69. The lowest BCUT2D eigenvalue weighted by molar-refractivity contribution is 0.418. The van der Waals surface area contributed by atoms with Gasteiger partial charge < -0.3 is 5.73 Å². The van der Waals surface area contributed by atoms with E-state index in [9.17, 15) is 0 Å². The Labute approximate surface area is 100 Å². The van der Waals surface area contributed by atoms with Crippen LogP contribution in [0.1, 0.15) is 36.8 Å². The number of rotatable bonds is 2. The Morgan fingerprint density at radius 3 is 3.00 bits per heavy atom. The van der Waals surface area contributed by atoms with Gasteiger partial charge in [0.25, 0.3) is 0 Å². The van der Waals surface area contributed by atoms with Crippen molar-refractivity contribution in [2.45, 2.75) is 32.1 Å². The van der Waals surface area contributed by atoms with Crippen LogP contribution in [0.25, 0.3) is 0 Å². The molecule has 0 radical (unpaired) electrons. The van der Waals surface area contributed by atoms with Gasteiger partial charge in [-0.15, -0.1) is 0 Å². The highest BCUT2D eigenvalue weighted by molar-refractivity contribution is 9.10. The first-order valence-electron chi connectivity index (χ1n) is 5.69. The molecule has 1 aromatic carbocycles. The average molecular weight is 268 g/mol. The van der Waals surface area contributed by atoms with E-state index in [2.05, 4.69) is 41.1 Å². The van der Waals surface area contributed by atoms with Crippen molar-refractivity contribution in [3.63, 3.8) is 0 Å². The fourth-order valence-corrected chi connectivity index (χ4v) is 3.06. The molecule has 0 spiro atoms. The summed E-state index contributed by atoms with van der Waals surface area (Å²) in [6.45, 7) is 3.14. The van der Waals surface area contributed by atoms with E-state index < -0.39 is 0 Å². The lowest BCUT2D eigenvalue weighted by atomic mass is 9.76. The van der Waals surface area contributed by atoms with Crippen LogP contribution >= 0.6 is 15.9 Å². The second-order valence-corrected chi connectivity index (χ2v) is 5.58. The molecule has 0 aliphatic heterocycles. The summed E-state index contributed by atoms with van der Waals surface area (Å²) < 4.78 is 1.19. The van der Waals surface area contributed by atoms with Crippen molar-refractivity contribution in [1.82, 2.24) is 0 Å². The molecule has 0 bridgehead atoms. The van der Waals surface area contributed by atoms with E-state index in [-0.39, 0.29) is 0 Å². The molecule has 1 aliphatic carbocycles. The Kier molecular flexibility index (Phi) is 3.47. The van der Waals surface area contributed by atoms with E-state index in [1.54, 1.807) is 0 Å². The number of hydrogen-bond donors (Lipinski definition) is 1. The molecule has 2 unspecified atom stereocenters. The minimum Gasteiger partial charge on any atom is -0.330 e. The Morgan fingerprint density at radius 2 is 2.27 bits per heavy atom. The molecule has 0 heterocycles. The molecule has 2 rings (SSSR count). The molecule has 2 atom stereocenters. The smallest absolute Gasteiger partial charge is 0.0178 e. The molecule has 0 saturated heterocycles. The van der Waals surface area contributed by atoms with Gasteiger partial charge in [0.1, 0.15) is 0 Å². The molecular formula is C13H18BrN. The van der Waals surface area contributed by atoms with Crippen LogP contribution in [-0.2, 0) is 6.42 Å². The monoisotopic (exact) mass is 267 g/mol. The molecule has 0 fully saturated rings. The molecule has 1 aliphatic rings. The Morgan fingerprint density at radius 1 is 1.47 bits per heavy atom. The van der Waals surface area contributed by atoms with Crippen LogP contribution in [0.3, 0.4) is 0 Å². The third-order valence-electron chi connectivity index (χ3n) is 3.32. The van der Waals surface area contributed by atoms with Crippen molar-refractivity contribution >= 4 is 15.9 Å². The van der Waals surface area contributed by atoms with Gasteiger partial charge in [-0.2, -0.15) is 0 Å². The van der Waals surface area contributed by atoms with Crippen molar-refractivity contribution in [2.75, 3.05) is 6.54 Å². The summed E-state index contributed by atoms with van der Waals surface area (Å²) in [4.78, 5) is 0. The van der Waals surface area contributed by atoms with Crippen LogP contribution in [0.2, 0.25) is 0 Å². The maximum Gasteiger partial charge on any atom is 0.0178 e. The minimum absolute atomic E-state index is 0.672. The first kappa shape index (κ1) is 11.2. The highest BCUT2D eigenvalue weighted by atomic mass is 79.9. The van der Waals surface area contributed by atoms with Crippen LogP contribution in [0.15, 0.2) is 22.7 Å². The molecule has 2 N–H and O–H groups in total. The van der Waals surface area contributed by atoms with Crippen LogP contribution in [0.4, 0.5) is 0 Å². The summed E-state index contributed by atoms with van der Waals surface area (Å²) >= 11 is 3.55. The largest absolute Gasteiger partial charge is 0.330 e. The van der Waals surface area contributed by atoms with Crippen molar-refractivity contribution in [3.8, 4) is 0 Å². The van der Waals surface area contributed by atoms with E-state index in [4.69, 9.17) is 5.73 Å². The second kappa shape index (κ2) is 4.67. The van der Waals surface area contributed by atoms with Crippen molar-refractivity contribution in [3.05, 3.63) is 33.8 Å². The van der Waals surface area contributed by atoms with E-state index in [1.165, 1.54) is 28.4 Å². The first-order valence-corrected chi connectivity index (χ1v) is 6.48. The summed E-state index contributed by atoms with van der Waals surface area (Å²) in [5.74, 6) is 1.47. The second-order valence-electron chi connectivity index (χ2n) is 4.66. The SMILES string of the molecule is CC1Cc2ccc(Br)cc2C(CCN)C1. The zero-order valence-corrected chi connectivity index (χ0v) is 10.8. The van der Waals surface area contributed by atoms with Crippen LogP contribution < -0.4 is 5.73 Å². The fraction of sp³-hybridized carbons (Fsp3) is 0.538. The molecule has 0 saturated carbocycles. The molecule has 82 valence electrons. The third-order valence-corrected chi connectivity index (χ3v) is 3.81. The number of fused-ring (bicyclic) bond motifs is 1. The highest BCUT2D eigenvalue weighted by Crippen LogP contribution is 2.37. The summed E-state index contributed by atoms with van der Waals surface area (Å²) in [5, 5.41) is 0. The first-order chi connectivity index (χ1) is 7.20. The van der Waals surface area contributed by atoms with E-state index in [0.717, 1.165) is 18.9 Å². The lowest BCUT2D eigenvalue weighted by Gasteiger charge is -2.29. The molecule has 2 heteroatoms.